The molecule has 4 nitrogen and oxygen atoms in total. The fourth-order valence-corrected chi connectivity index (χ4v) is 2.33. The van der Waals surface area contributed by atoms with Crippen LogP contribution < -0.4 is 5.32 Å². The lowest BCUT2D eigenvalue weighted by atomic mass is 9.95. The second-order valence-corrected chi connectivity index (χ2v) is 5.91. The van der Waals surface area contributed by atoms with Crippen LogP contribution in [0, 0.1) is 5.92 Å². The molecule has 0 aromatic rings. The van der Waals surface area contributed by atoms with Gasteiger partial charge in [0, 0.05) is 24.7 Å². The molecule has 0 aromatic heterocycles. The molecule has 0 spiro atoms. The SMILES string of the molecule is CCCNC(C)(CO)CCCCOCC1CCOC1. The Hall–Kier alpha value is -0.160. The van der Waals surface area contributed by atoms with Gasteiger partial charge < -0.3 is 19.9 Å². The third-order valence-electron chi connectivity index (χ3n) is 3.80. The van der Waals surface area contributed by atoms with Crippen LogP contribution in [-0.4, -0.2) is 50.2 Å². The van der Waals surface area contributed by atoms with Gasteiger partial charge in [0.05, 0.1) is 19.8 Å². The summed E-state index contributed by atoms with van der Waals surface area (Å²) in [6.07, 6.45) is 5.40. The van der Waals surface area contributed by atoms with E-state index in [9.17, 15) is 5.11 Å². The van der Waals surface area contributed by atoms with Crippen molar-refractivity contribution in [3.8, 4) is 0 Å². The van der Waals surface area contributed by atoms with Crippen LogP contribution in [0.25, 0.3) is 0 Å². The Labute approximate surface area is 117 Å². The molecule has 1 rings (SSSR count). The molecule has 0 amide bonds. The van der Waals surface area contributed by atoms with Gasteiger partial charge in [-0.3, -0.25) is 0 Å². The standard InChI is InChI=1S/C15H31NO3/c1-3-8-16-15(2,13-17)7-4-5-9-18-11-14-6-10-19-12-14/h14,16-17H,3-13H2,1-2H3. The smallest absolute Gasteiger partial charge is 0.0610 e. The highest BCUT2D eigenvalue weighted by Gasteiger charge is 2.21. The van der Waals surface area contributed by atoms with Crippen molar-refractivity contribution in [2.75, 3.05) is 39.6 Å². The van der Waals surface area contributed by atoms with Gasteiger partial charge in [0.2, 0.25) is 0 Å². The lowest BCUT2D eigenvalue weighted by Gasteiger charge is -2.28. The van der Waals surface area contributed by atoms with Crippen LogP contribution in [0.3, 0.4) is 0 Å². The number of rotatable bonds is 11. The first kappa shape index (κ1) is 16.9. The molecule has 114 valence electrons. The molecule has 1 aliphatic heterocycles. The third kappa shape index (κ3) is 7.25. The van der Waals surface area contributed by atoms with E-state index in [1.165, 1.54) is 0 Å². The van der Waals surface area contributed by atoms with Crippen molar-refractivity contribution in [1.82, 2.24) is 5.32 Å². The van der Waals surface area contributed by atoms with E-state index < -0.39 is 0 Å². The van der Waals surface area contributed by atoms with Crippen molar-refractivity contribution >= 4 is 0 Å². The minimum Gasteiger partial charge on any atom is -0.394 e. The number of unbranched alkanes of at least 4 members (excludes halogenated alkanes) is 1. The molecule has 0 saturated carbocycles. The topological polar surface area (TPSA) is 50.7 Å². The lowest BCUT2D eigenvalue weighted by molar-refractivity contribution is 0.0844. The molecule has 19 heavy (non-hydrogen) atoms. The summed E-state index contributed by atoms with van der Waals surface area (Å²) in [6, 6.07) is 0. The zero-order valence-corrected chi connectivity index (χ0v) is 12.6. The van der Waals surface area contributed by atoms with E-state index in [-0.39, 0.29) is 12.1 Å². The summed E-state index contributed by atoms with van der Waals surface area (Å²) in [5, 5.41) is 12.9. The molecule has 1 aliphatic rings. The Morgan fingerprint density at radius 3 is 2.89 bits per heavy atom. The van der Waals surface area contributed by atoms with Crippen molar-refractivity contribution in [2.45, 2.75) is 51.5 Å². The molecular formula is C15H31NO3. The first-order valence-electron chi connectivity index (χ1n) is 7.71. The predicted octanol–water partition coefficient (Wildman–Crippen LogP) is 1.96. The fraction of sp³-hybridized carbons (Fsp3) is 1.00. The van der Waals surface area contributed by atoms with Gasteiger partial charge in [-0.2, -0.15) is 0 Å². The second-order valence-electron chi connectivity index (χ2n) is 5.91. The van der Waals surface area contributed by atoms with Gasteiger partial charge in [-0.05, 0) is 45.6 Å². The van der Waals surface area contributed by atoms with E-state index in [2.05, 4.69) is 19.2 Å². The number of aliphatic hydroxyl groups is 1. The number of nitrogens with one attached hydrogen (secondary N) is 1. The molecular weight excluding hydrogens is 242 g/mol. The van der Waals surface area contributed by atoms with Gasteiger partial charge in [-0.15, -0.1) is 0 Å². The highest BCUT2D eigenvalue weighted by atomic mass is 16.5. The van der Waals surface area contributed by atoms with Crippen LogP contribution in [0.5, 0.6) is 0 Å². The third-order valence-corrected chi connectivity index (χ3v) is 3.80. The van der Waals surface area contributed by atoms with Crippen molar-refractivity contribution in [2.24, 2.45) is 5.92 Å². The first-order valence-corrected chi connectivity index (χ1v) is 7.71. The molecule has 4 heteroatoms. The minimum atomic E-state index is -0.130. The molecule has 1 heterocycles. The number of aliphatic hydroxyl groups excluding tert-OH is 1. The Balaban J connectivity index is 1.98. The van der Waals surface area contributed by atoms with Crippen LogP contribution >= 0.6 is 0 Å². The van der Waals surface area contributed by atoms with E-state index in [4.69, 9.17) is 9.47 Å². The number of hydrogen-bond acceptors (Lipinski definition) is 4. The van der Waals surface area contributed by atoms with Crippen LogP contribution in [0.4, 0.5) is 0 Å². The van der Waals surface area contributed by atoms with E-state index in [0.29, 0.717) is 5.92 Å². The van der Waals surface area contributed by atoms with Crippen molar-refractivity contribution in [3.05, 3.63) is 0 Å². The van der Waals surface area contributed by atoms with Gasteiger partial charge in [-0.1, -0.05) is 6.92 Å². The summed E-state index contributed by atoms with van der Waals surface area (Å²) in [5.74, 6) is 0.605. The summed E-state index contributed by atoms with van der Waals surface area (Å²) >= 11 is 0. The van der Waals surface area contributed by atoms with Crippen molar-refractivity contribution < 1.29 is 14.6 Å². The zero-order valence-electron chi connectivity index (χ0n) is 12.6. The largest absolute Gasteiger partial charge is 0.394 e. The Bertz CT molecular complexity index is 219. The van der Waals surface area contributed by atoms with E-state index in [0.717, 1.165) is 65.1 Å². The predicted molar refractivity (Wildman–Crippen MR) is 77.4 cm³/mol. The van der Waals surface area contributed by atoms with Crippen LogP contribution in [-0.2, 0) is 9.47 Å². The summed E-state index contributed by atoms with van der Waals surface area (Å²) < 4.78 is 11.0. The van der Waals surface area contributed by atoms with Crippen LogP contribution in [0.1, 0.15) is 46.0 Å². The maximum Gasteiger partial charge on any atom is 0.0610 e. The van der Waals surface area contributed by atoms with Gasteiger partial charge in [0.15, 0.2) is 0 Å². The Kier molecular flexibility index (Phi) is 8.62. The van der Waals surface area contributed by atoms with Crippen molar-refractivity contribution in [3.63, 3.8) is 0 Å². The normalized spacial score (nSPS) is 22.6. The van der Waals surface area contributed by atoms with E-state index in [1.807, 2.05) is 0 Å². The maximum atomic E-state index is 9.45. The monoisotopic (exact) mass is 273 g/mol. The van der Waals surface area contributed by atoms with Gasteiger partial charge in [0.25, 0.3) is 0 Å². The first-order chi connectivity index (χ1) is 9.20. The van der Waals surface area contributed by atoms with Gasteiger partial charge in [0.1, 0.15) is 0 Å². The number of ether oxygens (including phenoxy) is 2. The lowest BCUT2D eigenvalue weighted by Crippen LogP contribution is -2.46. The van der Waals surface area contributed by atoms with Crippen molar-refractivity contribution in [1.29, 1.82) is 0 Å². The quantitative estimate of drug-likeness (QED) is 0.565. The van der Waals surface area contributed by atoms with Crippen LogP contribution in [0.2, 0.25) is 0 Å². The molecule has 2 atom stereocenters. The summed E-state index contributed by atoms with van der Waals surface area (Å²) in [5.41, 5.74) is -0.130. The second kappa shape index (κ2) is 9.70. The average Bonchev–Trinajstić information content (AvgIpc) is 2.93. The molecule has 2 unspecified atom stereocenters. The highest BCUT2D eigenvalue weighted by Crippen LogP contribution is 2.15. The summed E-state index contributed by atoms with van der Waals surface area (Å²) in [4.78, 5) is 0. The molecule has 0 radical (unpaired) electrons. The minimum absolute atomic E-state index is 0.130. The molecule has 0 aliphatic carbocycles. The zero-order chi connectivity index (χ0) is 14.0. The summed E-state index contributed by atoms with van der Waals surface area (Å²) in [6.45, 7) is 8.83. The molecule has 0 aromatic carbocycles. The molecule has 2 N–H and O–H groups in total. The van der Waals surface area contributed by atoms with Crippen LogP contribution in [0.15, 0.2) is 0 Å². The van der Waals surface area contributed by atoms with Gasteiger partial charge in [-0.25, -0.2) is 0 Å². The van der Waals surface area contributed by atoms with E-state index >= 15 is 0 Å². The Morgan fingerprint density at radius 1 is 1.42 bits per heavy atom. The number of hydrogen-bond donors (Lipinski definition) is 2. The molecule has 1 fully saturated rings. The molecule has 0 bridgehead atoms. The molecule has 1 saturated heterocycles. The Morgan fingerprint density at radius 2 is 2.26 bits per heavy atom. The summed E-state index contributed by atoms with van der Waals surface area (Å²) in [7, 11) is 0. The highest BCUT2D eigenvalue weighted by molar-refractivity contribution is 4.81. The average molecular weight is 273 g/mol. The van der Waals surface area contributed by atoms with E-state index in [1.54, 1.807) is 0 Å². The maximum absolute atomic E-state index is 9.45. The van der Waals surface area contributed by atoms with Gasteiger partial charge >= 0.3 is 0 Å². The fourth-order valence-electron chi connectivity index (χ4n) is 2.33.